The molecule has 0 spiro atoms. The number of ether oxygens (including phenoxy) is 1. The number of aromatic amines is 1. The van der Waals surface area contributed by atoms with Crippen LogP contribution >= 0.6 is 11.3 Å². The molecular weight excluding hydrogens is 274 g/mol. The van der Waals surface area contributed by atoms with Crippen molar-refractivity contribution in [1.82, 2.24) is 4.98 Å². The van der Waals surface area contributed by atoms with Crippen LogP contribution in [-0.4, -0.2) is 23.8 Å². The van der Waals surface area contributed by atoms with E-state index in [0.29, 0.717) is 23.2 Å². The number of methoxy groups -OCH3 is 1. The van der Waals surface area contributed by atoms with Crippen molar-refractivity contribution in [3.8, 4) is 0 Å². The predicted octanol–water partition coefficient (Wildman–Crippen LogP) is 3.08. The molecule has 0 unspecified atom stereocenters. The maximum atomic E-state index is 12.4. The molecule has 3 rings (SSSR count). The van der Waals surface area contributed by atoms with Gasteiger partial charge in [-0.2, -0.15) is 0 Å². The van der Waals surface area contributed by atoms with Gasteiger partial charge in [-0.25, -0.2) is 4.79 Å². The van der Waals surface area contributed by atoms with Gasteiger partial charge >= 0.3 is 5.97 Å². The number of hydrogen-bond acceptors (Lipinski definition) is 4. The van der Waals surface area contributed by atoms with E-state index in [2.05, 4.69) is 11.1 Å². The van der Waals surface area contributed by atoms with Crippen molar-refractivity contribution < 1.29 is 14.3 Å². The molecule has 0 saturated carbocycles. The molecule has 2 aromatic heterocycles. The number of fused-ring (bicyclic) bond motifs is 1. The maximum Gasteiger partial charge on any atom is 0.354 e. The number of carbonyl (C=O) groups excluding carboxylic acids is 2. The summed E-state index contributed by atoms with van der Waals surface area (Å²) in [5.41, 5.74) is 2.65. The zero-order chi connectivity index (χ0) is 14.3. The van der Waals surface area contributed by atoms with Gasteiger partial charge in [-0.15, -0.1) is 11.3 Å². The van der Waals surface area contributed by atoms with Crippen molar-refractivity contribution in [2.45, 2.75) is 25.7 Å². The van der Waals surface area contributed by atoms with Crippen molar-refractivity contribution in [2.24, 2.45) is 0 Å². The Labute approximate surface area is 120 Å². The van der Waals surface area contributed by atoms with Crippen molar-refractivity contribution >= 4 is 23.1 Å². The number of hydrogen-bond donors (Lipinski definition) is 1. The fourth-order valence-corrected chi connectivity index (χ4v) is 3.69. The highest BCUT2D eigenvalue weighted by molar-refractivity contribution is 7.10. The number of ketones is 1. The summed E-state index contributed by atoms with van der Waals surface area (Å²) < 4.78 is 4.75. The van der Waals surface area contributed by atoms with E-state index in [4.69, 9.17) is 4.74 Å². The van der Waals surface area contributed by atoms with Crippen molar-refractivity contribution in [3.63, 3.8) is 0 Å². The summed E-state index contributed by atoms with van der Waals surface area (Å²) in [4.78, 5) is 28.4. The minimum atomic E-state index is -0.419. The second-order valence-corrected chi connectivity index (χ2v) is 5.99. The topological polar surface area (TPSA) is 59.2 Å². The largest absolute Gasteiger partial charge is 0.464 e. The molecule has 2 heterocycles. The highest BCUT2D eigenvalue weighted by Crippen LogP contribution is 2.36. The highest BCUT2D eigenvalue weighted by atomic mass is 32.1. The van der Waals surface area contributed by atoms with Gasteiger partial charge in [-0.1, -0.05) is 6.07 Å². The van der Waals surface area contributed by atoms with Crippen molar-refractivity contribution in [2.75, 3.05) is 7.11 Å². The molecule has 20 heavy (non-hydrogen) atoms. The summed E-state index contributed by atoms with van der Waals surface area (Å²) in [6.07, 6.45) is 1.27. The minimum absolute atomic E-state index is 0.105. The molecule has 0 radical (unpaired) electrons. The first-order chi connectivity index (χ1) is 9.61. The van der Waals surface area contributed by atoms with Gasteiger partial charge in [-0.3, -0.25) is 4.79 Å². The normalized spacial score (nSPS) is 17.9. The Balaban J connectivity index is 2.01. The SMILES string of the molecule is COC(=O)c1[nH]c2c(c1C)C(=O)C[C@@H](c1cccs1)C2. The van der Waals surface area contributed by atoms with Gasteiger partial charge in [0.05, 0.1) is 7.11 Å². The van der Waals surface area contributed by atoms with E-state index in [9.17, 15) is 9.59 Å². The average molecular weight is 289 g/mol. The van der Waals surface area contributed by atoms with Crippen LogP contribution in [-0.2, 0) is 11.2 Å². The van der Waals surface area contributed by atoms with Crippen LogP contribution < -0.4 is 0 Å². The Hall–Kier alpha value is -1.88. The lowest BCUT2D eigenvalue weighted by molar-refractivity contribution is 0.0593. The van der Waals surface area contributed by atoms with Gasteiger partial charge in [0, 0.05) is 28.5 Å². The number of thiophene rings is 1. The summed E-state index contributed by atoms with van der Waals surface area (Å²) in [6, 6.07) is 4.06. The lowest BCUT2D eigenvalue weighted by Crippen LogP contribution is -2.17. The van der Waals surface area contributed by atoms with Crippen LogP contribution in [0.1, 0.15) is 49.3 Å². The number of Topliss-reactive ketones (excluding diaryl/α,β-unsaturated/α-hetero) is 1. The lowest BCUT2D eigenvalue weighted by Gasteiger charge is -2.20. The van der Waals surface area contributed by atoms with Crippen LogP contribution in [0.5, 0.6) is 0 Å². The molecule has 1 aliphatic rings. The fraction of sp³-hybridized carbons (Fsp3) is 0.333. The molecule has 4 nitrogen and oxygen atoms in total. The Bertz CT molecular complexity index is 670. The third kappa shape index (κ3) is 1.98. The van der Waals surface area contributed by atoms with Crippen LogP contribution in [0.3, 0.4) is 0 Å². The quantitative estimate of drug-likeness (QED) is 0.864. The number of esters is 1. The molecule has 0 fully saturated rings. The van der Waals surface area contributed by atoms with Crippen LogP contribution in [0, 0.1) is 6.92 Å². The van der Waals surface area contributed by atoms with E-state index < -0.39 is 5.97 Å². The Morgan fingerprint density at radius 2 is 2.25 bits per heavy atom. The second kappa shape index (κ2) is 4.90. The van der Waals surface area contributed by atoms with Crippen molar-refractivity contribution in [3.05, 3.63) is 44.9 Å². The number of rotatable bonds is 2. The van der Waals surface area contributed by atoms with E-state index in [-0.39, 0.29) is 11.7 Å². The summed E-state index contributed by atoms with van der Waals surface area (Å²) in [5.74, 6) is -0.107. The van der Waals surface area contributed by atoms with Crippen LogP contribution in [0.15, 0.2) is 17.5 Å². The number of carbonyl (C=O) groups is 2. The summed E-state index contributed by atoms with van der Waals surface area (Å²) in [7, 11) is 1.35. The Morgan fingerprint density at radius 1 is 1.45 bits per heavy atom. The molecule has 5 heteroatoms. The molecule has 104 valence electrons. The first kappa shape index (κ1) is 13.1. The zero-order valence-electron chi connectivity index (χ0n) is 11.4. The molecule has 2 aromatic rings. The van der Waals surface area contributed by atoms with Crippen molar-refractivity contribution in [1.29, 1.82) is 0 Å². The highest BCUT2D eigenvalue weighted by Gasteiger charge is 2.32. The van der Waals surface area contributed by atoms with E-state index in [1.54, 1.807) is 18.3 Å². The van der Waals surface area contributed by atoms with Crippen LogP contribution in [0.2, 0.25) is 0 Å². The lowest BCUT2D eigenvalue weighted by atomic mass is 9.84. The van der Waals surface area contributed by atoms with E-state index in [0.717, 1.165) is 12.1 Å². The molecule has 0 amide bonds. The fourth-order valence-electron chi connectivity index (χ4n) is 2.86. The predicted molar refractivity (Wildman–Crippen MR) is 76.6 cm³/mol. The van der Waals surface area contributed by atoms with E-state index in [1.165, 1.54) is 12.0 Å². The summed E-state index contributed by atoms with van der Waals surface area (Å²) >= 11 is 1.67. The molecule has 1 atom stereocenters. The molecule has 0 aromatic carbocycles. The Kier molecular flexibility index (Phi) is 3.22. The van der Waals surface area contributed by atoms with Gasteiger partial charge in [0.25, 0.3) is 0 Å². The third-order valence-electron chi connectivity index (χ3n) is 3.82. The molecular formula is C15H15NO3S. The van der Waals surface area contributed by atoms with Gasteiger partial charge in [0.15, 0.2) is 5.78 Å². The van der Waals surface area contributed by atoms with Crippen LogP contribution in [0.4, 0.5) is 0 Å². The average Bonchev–Trinajstić information content (AvgIpc) is 3.06. The number of nitrogens with one attached hydrogen (secondary N) is 1. The maximum absolute atomic E-state index is 12.4. The Morgan fingerprint density at radius 3 is 2.90 bits per heavy atom. The number of H-pyrrole nitrogens is 1. The molecule has 0 saturated heterocycles. The third-order valence-corrected chi connectivity index (χ3v) is 4.86. The first-order valence-electron chi connectivity index (χ1n) is 6.48. The minimum Gasteiger partial charge on any atom is -0.464 e. The number of aromatic nitrogens is 1. The zero-order valence-corrected chi connectivity index (χ0v) is 12.2. The molecule has 0 aliphatic heterocycles. The second-order valence-electron chi connectivity index (χ2n) is 5.01. The first-order valence-corrected chi connectivity index (χ1v) is 7.36. The van der Waals surface area contributed by atoms with E-state index in [1.807, 2.05) is 11.4 Å². The van der Waals surface area contributed by atoms with Gasteiger partial charge in [0.2, 0.25) is 0 Å². The summed E-state index contributed by atoms with van der Waals surface area (Å²) in [6.45, 7) is 1.80. The van der Waals surface area contributed by atoms with Crippen LogP contribution in [0.25, 0.3) is 0 Å². The molecule has 0 bridgehead atoms. The van der Waals surface area contributed by atoms with Gasteiger partial charge < -0.3 is 9.72 Å². The van der Waals surface area contributed by atoms with E-state index >= 15 is 0 Å². The molecule has 1 aliphatic carbocycles. The van der Waals surface area contributed by atoms with Gasteiger partial charge in [-0.05, 0) is 30.4 Å². The van der Waals surface area contributed by atoms with Gasteiger partial charge in [0.1, 0.15) is 5.69 Å². The standard InChI is InChI=1S/C15H15NO3S/c1-8-13-10(16-14(8)15(18)19-2)6-9(7-11(13)17)12-4-3-5-20-12/h3-5,9,16H,6-7H2,1-2H3/t9-/m0/s1. The smallest absolute Gasteiger partial charge is 0.354 e. The monoisotopic (exact) mass is 289 g/mol. The summed E-state index contributed by atoms with van der Waals surface area (Å²) in [5, 5.41) is 2.02. The molecule has 1 N–H and O–H groups in total.